The maximum atomic E-state index is 13.8. The van der Waals surface area contributed by atoms with Gasteiger partial charge in [0.05, 0.1) is 34.9 Å². The van der Waals surface area contributed by atoms with Gasteiger partial charge in [-0.3, -0.25) is 19.9 Å². The van der Waals surface area contributed by atoms with Crippen LogP contribution in [0, 0.1) is 27.9 Å². The lowest BCUT2D eigenvalue weighted by Crippen LogP contribution is -2.58. The van der Waals surface area contributed by atoms with Gasteiger partial charge in [0.15, 0.2) is 0 Å². The highest BCUT2D eigenvalue weighted by atomic mass is 16.6. The van der Waals surface area contributed by atoms with Gasteiger partial charge in [0.1, 0.15) is 11.5 Å². The van der Waals surface area contributed by atoms with Crippen LogP contribution in [-0.2, 0) is 23.2 Å². The number of nitro groups is 1. The molecule has 5 unspecified atom stereocenters. The van der Waals surface area contributed by atoms with Gasteiger partial charge in [-0.05, 0) is 97.9 Å². The predicted molar refractivity (Wildman–Crippen MR) is 187 cm³/mol. The summed E-state index contributed by atoms with van der Waals surface area (Å²) in [5, 5.41) is 23.1. The van der Waals surface area contributed by atoms with Crippen LogP contribution in [0.3, 0.4) is 0 Å². The van der Waals surface area contributed by atoms with Crippen LogP contribution in [0.2, 0.25) is 0 Å². The molecule has 8 rings (SSSR count). The fourth-order valence-corrected chi connectivity index (χ4v) is 9.23. The number of ether oxygens (including phenoxy) is 2. The van der Waals surface area contributed by atoms with Crippen molar-refractivity contribution in [3.8, 4) is 11.5 Å². The van der Waals surface area contributed by atoms with Crippen molar-refractivity contribution in [1.82, 2.24) is 5.01 Å². The quantitative estimate of drug-likeness (QED) is 0.109. The van der Waals surface area contributed by atoms with Crippen molar-refractivity contribution in [3.63, 3.8) is 0 Å². The van der Waals surface area contributed by atoms with Gasteiger partial charge in [0.25, 0.3) is 5.69 Å². The molecule has 1 spiro atoms. The van der Waals surface area contributed by atoms with Crippen LogP contribution in [0.1, 0.15) is 81.2 Å². The third-order valence-corrected chi connectivity index (χ3v) is 12.0. The Bertz CT molecular complexity index is 1920. The number of carbonyl (C=O) groups is 1. The Morgan fingerprint density at radius 3 is 2.57 bits per heavy atom. The topological polar surface area (TPSA) is 110 Å². The molecule has 3 aromatic rings. The van der Waals surface area contributed by atoms with Gasteiger partial charge < -0.3 is 14.4 Å². The van der Waals surface area contributed by atoms with Crippen LogP contribution < -0.4 is 14.4 Å². The normalized spacial score (nSPS) is 28.2. The second-order valence-corrected chi connectivity index (χ2v) is 15.2. The molecule has 0 radical (unpaired) electrons. The van der Waals surface area contributed by atoms with Crippen LogP contribution >= 0.6 is 0 Å². The Hall–Kier alpha value is -4.73. The molecule has 254 valence electrons. The van der Waals surface area contributed by atoms with Crippen LogP contribution in [0.5, 0.6) is 11.5 Å². The smallest absolute Gasteiger partial charge is 0.314 e. The molecular weight excluding hydrogens is 618 g/mol. The van der Waals surface area contributed by atoms with E-state index in [4.69, 9.17) is 9.47 Å². The highest BCUT2D eigenvalue weighted by Gasteiger charge is 2.60. The van der Waals surface area contributed by atoms with Crippen molar-refractivity contribution in [2.24, 2.45) is 28.1 Å². The molecule has 49 heavy (non-hydrogen) atoms. The number of likely N-dealkylation sites (N-methyl/N-ethyl adjacent to an activating group) is 1. The van der Waals surface area contributed by atoms with Crippen molar-refractivity contribution in [1.29, 1.82) is 0 Å². The first-order valence-corrected chi connectivity index (χ1v) is 17.5. The third-order valence-electron chi connectivity index (χ3n) is 12.0. The molecule has 2 fully saturated rings. The summed E-state index contributed by atoms with van der Waals surface area (Å²) in [5.41, 5.74) is 4.63. The number of hydrogen-bond donors (Lipinski definition) is 0. The average molecular weight is 662 g/mol. The number of carbonyl (C=O) groups excluding carboxylic acids is 1. The monoisotopic (exact) mass is 661 g/mol. The fraction of sp³-hybridized carbons (Fsp3) is 0.462. The molecular formula is C39H43N5O5. The second-order valence-electron chi connectivity index (χ2n) is 15.2. The number of rotatable bonds is 7. The SMILES string of the molecule is CCc1ccc(CN2N=NC3C4CC(CC4C(=O)Oc4ccc5c(c4)C(C)(C)[C@]4(C=Cc6cc([N+](=O)[O-])cc(C(C)C)c6O4)N5C)C32)cc1. The zero-order valence-electron chi connectivity index (χ0n) is 28.9. The van der Waals surface area contributed by atoms with Gasteiger partial charge in [-0.25, -0.2) is 0 Å². The van der Waals surface area contributed by atoms with Gasteiger partial charge in [0, 0.05) is 36.0 Å². The van der Waals surface area contributed by atoms with Crippen LogP contribution in [0.4, 0.5) is 11.4 Å². The van der Waals surface area contributed by atoms with Crippen LogP contribution in [-0.4, -0.2) is 40.8 Å². The minimum Gasteiger partial charge on any atom is -0.462 e. The summed E-state index contributed by atoms with van der Waals surface area (Å²) < 4.78 is 13.1. The number of esters is 1. The molecule has 10 heteroatoms. The van der Waals surface area contributed by atoms with E-state index >= 15 is 0 Å². The Balaban J connectivity index is 0.994. The first-order valence-electron chi connectivity index (χ1n) is 17.5. The molecule has 0 amide bonds. The van der Waals surface area contributed by atoms with E-state index in [1.165, 1.54) is 11.1 Å². The first-order chi connectivity index (χ1) is 23.4. The highest BCUT2D eigenvalue weighted by molar-refractivity contribution is 5.78. The van der Waals surface area contributed by atoms with Gasteiger partial charge in [-0.1, -0.05) is 50.3 Å². The van der Waals surface area contributed by atoms with E-state index in [0.29, 0.717) is 23.0 Å². The van der Waals surface area contributed by atoms with Gasteiger partial charge in [-0.2, -0.15) is 5.11 Å². The molecule has 0 aromatic heterocycles. The standard InChI is InChI=1S/C39H43N5O5/c1-7-23-8-10-24(11-9-23)21-43-35-26-17-30(34(35)40-41-43)31(18-26)37(45)48-28-12-13-33-32(20-28)38(4,5)39(42(33)6)15-14-25-16-27(44(46)47)19-29(22(2)3)36(25)49-39/h8-16,19-20,22,26,30-31,34-35H,7,17-18,21H2,1-6H3/t26?,30?,31?,34?,35?,39-/m1/s1. The molecule has 3 aromatic carbocycles. The van der Waals surface area contributed by atoms with Crippen molar-refractivity contribution in [2.45, 2.75) is 89.6 Å². The highest BCUT2D eigenvalue weighted by Crippen LogP contribution is 2.57. The number of aryl methyl sites for hydroxylation is 1. The molecule has 3 heterocycles. The number of benzene rings is 3. The first kappa shape index (κ1) is 31.5. The minimum atomic E-state index is -0.887. The summed E-state index contributed by atoms with van der Waals surface area (Å²) in [4.78, 5) is 27.2. The Morgan fingerprint density at radius 2 is 1.86 bits per heavy atom. The van der Waals surface area contributed by atoms with E-state index in [2.05, 4.69) is 65.3 Å². The Labute approximate surface area is 286 Å². The third kappa shape index (κ3) is 4.70. The van der Waals surface area contributed by atoms with Crippen LogP contribution in [0.15, 0.2) is 71.0 Å². The molecule has 6 atom stereocenters. The summed E-state index contributed by atoms with van der Waals surface area (Å²) in [6.07, 6.45) is 6.72. The number of fused-ring (bicyclic) bond motifs is 7. The number of anilines is 1. The summed E-state index contributed by atoms with van der Waals surface area (Å²) in [7, 11) is 2.00. The van der Waals surface area contributed by atoms with Gasteiger partial charge in [-0.15, -0.1) is 0 Å². The van der Waals surface area contributed by atoms with Crippen molar-refractivity contribution in [2.75, 3.05) is 11.9 Å². The average Bonchev–Trinajstić information content (AvgIpc) is 3.83. The molecule has 10 nitrogen and oxygen atoms in total. The lowest BCUT2D eigenvalue weighted by molar-refractivity contribution is -0.385. The fourth-order valence-electron chi connectivity index (χ4n) is 9.23. The van der Waals surface area contributed by atoms with Crippen molar-refractivity contribution >= 4 is 23.4 Å². The lowest BCUT2D eigenvalue weighted by atomic mass is 9.76. The second kappa shape index (κ2) is 11.1. The molecule has 2 saturated carbocycles. The van der Waals surface area contributed by atoms with E-state index in [-0.39, 0.29) is 46.4 Å². The Kier molecular flexibility index (Phi) is 7.18. The summed E-state index contributed by atoms with van der Waals surface area (Å²) >= 11 is 0. The van der Waals surface area contributed by atoms with Gasteiger partial charge in [0.2, 0.25) is 5.72 Å². The predicted octanol–water partition coefficient (Wildman–Crippen LogP) is 7.99. The van der Waals surface area contributed by atoms with Crippen LogP contribution in [0.25, 0.3) is 6.08 Å². The van der Waals surface area contributed by atoms with E-state index in [0.717, 1.165) is 42.6 Å². The maximum Gasteiger partial charge on any atom is 0.314 e. The summed E-state index contributed by atoms with van der Waals surface area (Å²) in [5.74, 6) is 1.29. The van der Waals surface area contributed by atoms with Crippen molar-refractivity contribution < 1.29 is 19.2 Å². The zero-order valence-corrected chi connectivity index (χ0v) is 28.9. The summed E-state index contributed by atoms with van der Waals surface area (Å²) in [6, 6.07) is 18.0. The lowest BCUT2D eigenvalue weighted by Gasteiger charge is -2.46. The number of nitro benzene ring substituents is 1. The largest absolute Gasteiger partial charge is 0.462 e. The maximum absolute atomic E-state index is 13.8. The number of hydrogen-bond acceptors (Lipinski definition) is 9. The molecule has 5 aliphatic rings. The van der Waals surface area contributed by atoms with E-state index in [1.54, 1.807) is 12.1 Å². The molecule has 2 bridgehead atoms. The van der Waals surface area contributed by atoms with Gasteiger partial charge >= 0.3 is 5.97 Å². The zero-order chi connectivity index (χ0) is 34.4. The molecule has 0 N–H and O–H groups in total. The molecule has 0 saturated heterocycles. The number of nitrogens with zero attached hydrogens (tertiary/aromatic N) is 5. The van der Waals surface area contributed by atoms with E-state index in [1.807, 2.05) is 51.2 Å². The van der Waals surface area contributed by atoms with E-state index < -0.39 is 11.1 Å². The Morgan fingerprint density at radius 1 is 1.10 bits per heavy atom. The molecule has 3 aliphatic heterocycles. The summed E-state index contributed by atoms with van der Waals surface area (Å²) in [6.45, 7) is 11.2. The van der Waals surface area contributed by atoms with Crippen molar-refractivity contribution in [3.05, 3.63) is 98.6 Å². The minimum absolute atomic E-state index is 0.0215. The molecule has 2 aliphatic carbocycles. The van der Waals surface area contributed by atoms with E-state index in [9.17, 15) is 14.9 Å². The number of non-ortho nitro benzene ring substituents is 1.